The largest absolute Gasteiger partial charge is 0.298 e. The van der Waals surface area contributed by atoms with E-state index < -0.39 is 0 Å². The fraction of sp³-hybridized carbons (Fsp3) is 0.923. The molecule has 0 unspecified atom stereocenters. The molecule has 2 aliphatic rings. The first-order valence-electron chi connectivity index (χ1n) is 6.46. The number of hydrogen-bond donors (Lipinski definition) is 0. The average Bonchev–Trinajstić information content (AvgIpc) is 3.01. The smallest absolute Gasteiger partial charge is 0.152 e. The third-order valence-electron chi connectivity index (χ3n) is 3.67. The van der Waals surface area contributed by atoms with E-state index in [-0.39, 0.29) is 5.41 Å². The summed E-state index contributed by atoms with van der Waals surface area (Å²) >= 11 is 0. The summed E-state index contributed by atoms with van der Waals surface area (Å²) in [6.45, 7) is 11.1. The lowest BCUT2D eigenvalue weighted by Crippen LogP contribution is -2.49. The number of hydrogen-bond acceptors (Lipinski definition) is 3. The Balaban J connectivity index is 1.74. The van der Waals surface area contributed by atoms with Gasteiger partial charge in [-0.1, -0.05) is 20.8 Å². The SMILES string of the molecule is CC(C)(C)C(=O)CN1CCN(C2CC2)CC1. The maximum atomic E-state index is 11.9. The summed E-state index contributed by atoms with van der Waals surface area (Å²) < 4.78 is 0. The predicted octanol–water partition coefficient (Wildman–Crippen LogP) is 1.38. The van der Waals surface area contributed by atoms with Crippen molar-refractivity contribution < 1.29 is 4.79 Å². The highest BCUT2D eigenvalue weighted by atomic mass is 16.1. The average molecular weight is 224 g/mol. The van der Waals surface area contributed by atoms with E-state index in [4.69, 9.17) is 0 Å². The minimum atomic E-state index is -0.187. The molecule has 0 N–H and O–H groups in total. The van der Waals surface area contributed by atoms with Crippen LogP contribution in [0.15, 0.2) is 0 Å². The molecule has 2 fully saturated rings. The Bertz CT molecular complexity index is 258. The molecule has 0 aromatic rings. The molecule has 1 aliphatic heterocycles. The van der Waals surface area contributed by atoms with Crippen molar-refractivity contribution in [1.29, 1.82) is 0 Å². The van der Waals surface area contributed by atoms with Crippen LogP contribution in [0.1, 0.15) is 33.6 Å². The fourth-order valence-electron chi connectivity index (χ4n) is 2.17. The Morgan fingerprint density at radius 1 is 1.12 bits per heavy atom. The van der Waals surface area contributed by atoms with Crippen LogP contribution < -0.4 is 0 Å². The zero-order valence-electron chi connectivity index (χ0n) is 10.8. The zero-order valence-corrected chi connectivity index (χ0v) is 10.8. The summed E-state index contributed by atoms with van der Waals surface area (Å²) in [5.74, 6) is 0.368. The lowest BCUT2D eigenvalue weighted by atomic mass is 9.90. The van der Waals surface area contributed by atoms with Crippen LogP contribution in [0.25, 0.3) is 0 Å². The van der Waals surface area contributed by atoms with E-state index >= 15 is 0 Å². The summed E-state index contributed by atoms with van der Waals surface area (Å²) in [5.41, 5.74) is -0.187. The molecule has 1 saturated carbocycles. The van der Waals surface area contributed by atoms with Crippen LogP contribution in [-0.2, 0) is 4.79 Å². The van der Waals surface area contributed by atoms with Gasteiger partial charge in [0.15, 0.2) is 5.78 Å². The molecule has 1 saturated heterocycles. The second-order valence-corrected chi connectivity index (χ2v) is 6.22. The number of nitrogens with zero attached hydrogens (tertiary/aromatic N) is 2. The fourth-order valence-corrected chi connectivity index (χ4v) is 2.17. The van der Waals surface area contributed by atoms with Gasteiger partial charge in [0.05, 0.1) is 6.54 Å². The van der Waals surface area contributed by atoms with Crippen molar-refractivity contribution in [3.8, 4) is 0 Å². The highest BCUT2D eigenvalue weighted by Crippen LogP contribution is 2.27. The summed E-state index contributed by atoms with van der Waals surface area (Å²) in [4.78, 5) is 16.8. The number of Topliss-reactive ketones (excluding diaryl/α,β-unsaturated/α-hetero) is 1. The molecule has 0 amide bonds. The molecule has 92 valence electrons. The van der Waals surface area contributed by atoms with E-state index in [2.05, 4.69) is 9.80 Å². The third kappa shape index (κ3) is 3.05. The van der Waals surface area contributed by atoms with Gasteiger partial charge in [-0.25, -0.2) is 0 Å². The van der Waals surface area contributed by atoms with Gasteiger partial charge in [0, 0.05) is 37.6 Å². The Kier molecular flexibility index (Phi) is 3.36. The summed E-state index contributed by atoms with van der Waals surface area (Å²) in [5, 5.41) is 0. The second-order valence-electron chi connectivity index (χ2n) is 6.22. The Morgan fingerprint density at radius 2 is 1.69 bits per heavy atom. The summed E-state index contributed by atoms with van der Waals surface area (Å²) in [7, 11) is 0. The van der Waals surface area contributed by atoms with Gasteiger partial charge in [-0.05, 0) is 12.8 Å². The normalized spacial score (nSPS) is 24.7. The summed E-state index contributed by atoms with van der Waals surface area (Å²) in [6, 6.07) is 0.875. The van der Waals surface area contributed by atoms with Crippen molar-refractivity contribution in [2.45, 2.75) is 39.7 Å². The number of carbonyl (C=O) groups is 1. The molecule has 16 heavy (non-hydrogen) atoms. The van der Waals surface area contributed by atoms with Crippen LogP contribution in [0.4, 0.5) is 0 Å². The molecular formula is C13H24N2O. The van der Waals surface area contributed by atoms with Crippen LogP contribution in [0.2, 0.25) is 0 Å². The summed E-state index contributed by atoms with van der Waals surface area (Å²) in [6.07, 6.45) is 2.78. The van der Waals surface area contributed by atoms with Gasteiger partial charge >= 0.3 is 0 Å². The van der Waals surface area contributed by atoms with E-state index in [1.165, 1.54) is 12.8 Å². The third-order valence-corrected chi connectivity index (χ3v) is 3.67. The van der Waals surface area contributed by atoms with E-state index in [1.54, 1.807) is 0 Å². The van der Waals surface area contributed by atoms with Crippen molar-refractivity contribution in [2.75, 3.05) is 32.7 Å². The molecule has 1 heterocycles. The molecule has 3 heteroatoms. The maximum absolute atomic E-state index is 11.9. The number of piperazine rings is 1. The van der Waals surface area contributed by atoms with Crippen molar-refractivity contribution >= 4 is 5.78 Å². The molecule has 0 radical (unpaired) electrons. The van der Waals surface area contributed by atoms with Crippen molar-refractivity contribution in [3.63, 3.8) is 0 Å². The maximum Gasteiger partial charge on any atom is 0.152 e. The van der Waals surface area contributed by atoms with E-state index in [0.717, 1.165) is 32.2 Å². The Labute approximate surface area is 98.8 Å². The number of rotatable bonds is 3. The topological polar surface area (TPSA) is 23.6 Å². The van der Waals surface area contributed by atoms with E-state index in [1.807, 2.05) is 20.8 Å². The van der Waals surface area contributed by atoms with Gasteiger partial charge in [-0.3, -0.25) is 14.6 Å². The molecular weight excluding hydrogens is 200 g/mol. The van der Waals surface area contributed by atoms with Gasteiger partial charge in [-0.15, -0.1) is 0 Å². The molecule has 3 nitrogen and oxygen atoms in total. The molecule has 1 aliphatic carbocycles. The zero-order chi connectivity index (χ0) is 11.8. The molecule has 0 spiro atoms. The number of carbonyl (C=O) groups excluding carboxylic acids is 1. The molecule has 2 rings (SSSR count). The molecule has 0 atom stereocenters. The lowest BCUT2D eigenvalue weighted by Gasteiger charge is -2.35. The minimum absolute atomic E-state index is 0.187. The lowest BCUT2D eigenvalue weighted by molar-refractivity contribution is -0.127. The van der Waals surface area contributed by atoms with Crippen LogP contribution in [-0.4, -0.2) is 54.3 Å². The quantitative estimate of drug-likeness (QED) is 0.723. The highest BCUT2D eigenvalue weighted by molar-refractivity contribution is 5.85. The molecule has 0 bridgehead atoms. The van der Waals surface area contributed by atoms with Crippen molar-refractivity contribution in [1.82, 2.24) is 9.80 Å². The first kappa shape index (κ1) is 12.1. The van der Waals surface area contributed by atoms with Crippen molar-refractivity contribution in [3.05, 3.63) is 0 Å². The minimum Gasteiger partial charge on any atom is -0.298 e. The van der Waals surface area contributed by atoms with Gasteiger partial charge < -0.3 is 0 Å². The number of ketones is 1. The highest BCUT2D eigenvalue weighted by Gasteiger charge is 2.32. The first-order valence-corrected chi connectivity index (χ1v) is 6.46. The molecule has 0 aromatic carbocycles. The van der Waals surface area contributed by atoms with Gasteiger partial charge in [0.1, 0.15) is 0 Å². The van der Waals surface area contributed by atoms with Crippen LogP contribution in [0.3, 0.4) is 0 Å². The van der Waals surface area contributed by atoms with E-state index in [9.17, 15) is 4.79 Å². The van der Waals surface area contributed by atoms with Crippen molar-refractivity contribution in [2.24, 2.45) is 5.41 Å². The monoisotopic (exact) mass is 224 g/mol. The van der Waals surface area contributed by atoms with Crippen LogP contribution in [0, 0.1) is 5.41 Å². The Hall–Kier alpha value is -0.410. The first-order chi connectivity index (χ1) is 7.47. The standard InChI is InChI=1S/C13H24N2O/c1-13(2,3)12(16)10-14-6-8-15(9-7-14)11-4-5-11/h11H,4-10H2,1-3H3. The Morgan fingerprint density at radius 3 is 2.12 bits per heavy atom. The second kappa shape index (κ2) is 4.46. The van der Waals surface area contributed by atoms with Crippen LogP contribution >= 0.6 is 0 Å². The predicted molar refractivity (Wildman–Crippen MR) is 65.5 cm³/mol. The van der Waals surface area contributed by atoms with Gasteiger partial charge in [0.25, 0.3) is 0 Å². The van der Waals surface area contributed by atoms with E-state index in [0.29, 0.717) is 12.3 Å². The van der Waals surface area contributed by atoms with Gasteiger partial charge in [-0.2, -0.15) is 0 Å². The molecule has 0 aromatic heterocycles. The van der Waals surface area contributed by atoms with Gasteiger partial charge in [0.2, 0.25) is 0 Å². The van der Waals surface area contributed by atoms with Crippen LogP contribution in [0.5, 0.6) is 0 Å².